The molecule has 0 amide bonds. The molecule has 0 radical (unpaired) electrons. The van der Waals surface area contributed by atoms with E-state index in [2.05, 4.69) is 11.8 Å². The monoisotopic (exact) mass is 285 g/mol. The topological polar surface area (TPSA) is 57.6 Å². The first-order chi connectivity index (χ1) is 10.1. The largest absolute Gasteiger partial charge is 0.507 e. The molecule has 0 aromatic heterocycles. The van der Waals surface area contributed by atoms with Crippen molar-refractivity contribution in [3.8, 4) is 0 Å². The van der Waals surface area contributed by atoms with Crippen molar-refractivity contribution in [2.75, 3.05) is 13.1 Å². The number of rotatable bonds is 2. The van der Waals surface area contributed by atoms with E-state index in [9.17, 15) is 14.7 Å². The molecule has 1 aromatic rings. The first kappa shape index (κ1) is 14.0. The van der Waals surface area contributed by atoms with E-state index in [0.717, 1.165) is 19.4 Å². The third-order valence-electron chi connectivity index (χ3n) is 4.49. The highest BCUT2D eigenvalue weighted by Gasteiger charge is 2.34. The maximum atomic E-state index is 12.3. The molecule has 4 nitrogen and oxygen atoms in total. The Balaban J connectivity index is 1.97. The van der Waals surface area contributed by atoms with Crippen molar-refractivity contribution >= 4 is 17.3 Å². The Morgan fingerprint density at radius 2 is 1.86 bits per heavy atom. The third-order valence-corrected chi connectivity index (χ3v) is 4.49. The number of fused-ring (bicyclic) bond motifs is 1. The van der Waals surface area contributed by atoms with Gasteiger partial charge in [0, 0.05) is 23.7 Å². The van der Waals surface area contributed by atoms with Crippen LogP contribution in [-0.2, 0) is 4.79 Å². The van der Waals surface area contributed by atoms with Crippen molar-refractivity contribution in [2.24, 2.45) is 0 Å². The summed E-state index contributed by atoms with van der Waals surface area (Å²) >= 11 is 0. The molecule has 1 unspecified atom stereocenters. The number of benzene rings is 1. The molecular weight excluding hydrogens is 266 g/mol. The summed E-state index contributed by atoms with van der Waals surface area (Å²) in [4.78, 5) is 26.6. The zero-order valence-corrected chi connectivity index (χ0v) is 12.1. The lowest BCUT2D eigenvalue weighted by Crippen LogP contribution is -2.41. The summed E-state index contributed by atoms with van der Waals surface area (Å²) in [5, 5.41) is 10.4. The standard InChI is InChI=1S/C17H19NO3/c1-11-6-4-5-9-18(11)10-14-15(19)12-7-2-3-8-13(12)16(20)17(14)21/h2-3,7-8,11,19H,4-6,9-10H2,1H3. The number of nitrogens with zero attached hydrogens (tertiary/aromatic N) is 1. The van der Waals surface area contributed by atoms with Gasteiger partial charge in [0.1, 0.15) is 5.76 Å². The van der Waals surface area contributed by atoms with Crippen LogP contribution in [0.25, 0.3) is 5.76 Å². The lowest BCUT2D eigenvalue weighted by molar-refractivity contribution is -0.112. The molecule has 1 N–H and O–H groups in total. The first-order valence-electron chi connectivity index (χ1n) is 7.44. The van der Waals surface area contributed by atoms with Gasteiger partial charge in [0.2, 0.25) is 11.6 Å². The molecule has 1 heterocycles. The van der Waals surface area contributed by atoms with Crippen LogP contribution >= 0.6 is 0 Å². The lowest BCUT2D eigenvalue weighted by Gasteiger charge is -2.34. The van der Waals surface area contributed by atoms with Crippen LogP contribution < -0.4 is 0 Å². The van der Waals surface area contributed by atoms with Gasteiger partial charge in [-0.2, -0.15) is 0 Å². The second-order valence-corrected chi connectivity index (χ2v) is 5.85. The van der Waals surface area contributed by atoms with Gasteiger partial charge < -0.3 is 5.11 Å². The zero-order chi connectivity index (χ0) is 15.0. The molecule has 0 bridgehead atoms. The van der Waals surface area contributed by atoms with Crippen molar-refractivity contribution in [1.29, 1.82) is 0 Å². The molecule has 4 heteroatoms. The summed E-state index contributed by atoms with van der Waals surface area (Å²) in [5.41, 5.74) is 1.02. The number of ketones is 2. The highest BCUT2D eigenvalue weighted by Crippen LogP contribution is 2.29. The van der Waals surface area contributed by atoms with Crippen molar-refractivity contribution in [3.05, 3.63) is 41.0 Å². The normalized spacial score (nSPS) is 23.4. The molecule has 1 saturated heterocycles. The number of aliphatic hydroxyl groups excluding tert-OH is 1. The molecule has 2 aliphatic rings. The Labute approximate surface area is 124 Å². The van der Waals surface area contributed by atoms with Crippen LogP contribution in [0.1, 0.15) is 42.1 Å². The van der Waals surface area contributed by atoms with E-state index >= 15 is 0 Å². The molecule has 1 atom stereocenters. The lowest BCUT2D eigenvalue weighted by atomic mass is 9.87. The molecule has 1 aliphatic carbocycles. The molecule has 3 rings (SSSR count). The zero-order valence-electron chi connectivity index (χ0n) is 12.1. The number of hydrogen-bond acceptors (Lipinski definition) is 4. The number of piperidine rings is 1. The molecule has 1 aliphatic heterocycles. The summed E-state index contributed by atoms with van der Waals surface area (Å²) in [6.07, 6.45) is 3.38. The molecular formula is C17H19NO3. The maximum absolute atomic E-state index is 12.3. The van der Waals surface area contributed by atoms with Gasteiger partial charge in [0.25, 0.3) is 0 Å². The minimum Gasteiger partial charge on any atom is -0.507 e. The molecule has 110 valence electrons. The second kappa shape index (κ2) is 5.45. The highest BCUT2D eigenvalue weighted by molar-refractivity contribution is 6.52. The van der Waals surface area contributed by atoms with E-state index in [-0.39, 0.29) is 11.3 Å². The number of carbonyl (C=O) groups excluding carboxylic acids is 2. The molecule has 0 spiro atoms. The smallest absolute Gasteiger partial charge is 0.234 e. The number of Topliss-reactive ketones (excluding diaryl/α,β-unsaturated/α-hetero) is 2. The Morgan fingerprint density at radius 1 is 1.14 bits per heavy atom. The number of hydrogen-bond donors (Lipinski definition) is 1. The summed E-state index contributed by atoms with van der Waals surface area (Å²) in [6.45, 7) is 3.38. The van der Waals surface area contributed by atoms with Crippen molar-refractivity contribution < 1.29 is 14.7 Å². The van der Waals surface area contributed by atoms with Gasteiger partial charge in [0.15, 0.2) is 0 Å². The predicted molar refractivity (Wildman–Crippen MR) is 80.2 cm³/mol. The van der Waals surface area contributed by atoms with Crippen LogP contribution in [0, 0.1) is 0 Å². The summed E-state index contributed by atoms with van der Waals surface area (Å²) in [7, 11) is 0. The third kappa shape index (κ3) is 2.40. The summed E-state index contributed by atoms with van der Waals surface area (Å²) in [6, 6.07) is 7.12. The van der Waals surface area contributed by atoms with Gasteiger partial charge in [-0.1, -0.05) is 30.7 Å². The van der Waals surface area contributed by atoms with Gasteiger partial charge in [-0.15, -0.1) is 0 Å². The SMILES string of the molecule is CC1CCCCN1CC1=C(O)c2ccccc2C(=O)C1=O. The van der Waals surface area contributed by atoms with Crippen molar-refractivity contribution in [1.82, 2.24) is 4.90 Å². The number of aliphatic hydroxyl groups is 1. The predicted octanol–water partition coefficient (Wildman–Crippen LogP) is 2.60. The first-order valence-corrected chi connectivity index (χ1v) is 7.44. The van der Waals surface area contributed by atoms with Crippen LogP contribution in [0.15, 0.2) is 29.8 Å². The summed E-state index contributed by atoms with van der Waals surface area (Å²) < 4.78 is 0. The van der Waals surface area contributed by atoms with Crippen LogP contribution in [0.2, 0.25) is 0 Å². The summed E-state index contributed by atoms with van der Waals surface area (Å²) in [5.74, 6) is -1.11. The number of carbonyl (C=O) groups is 2. The second-order valence-electron chi connectivity index (χ2n) is 5.85. The minimum absolute atomic E-state index is 0.0343. The minimum atomic E-state index is -0.566. The maximum Gasteiger partial charge on any atom is 0.234 e. The molecule has 21 heavy (non-hydrogen) atoms. The van der Waals surface area contributed by atoms with E-state index in [1.807, 2.05) is 0 Å². The van der Waals surface area contributed by atoms with Crippen LogP contribution in [0.5, 0.6) is 0 Å². The van der Waals surface area contributed by atoms with Crippen LogP contribution in [-0.4, -0.2) is 40.7 Å². The van der Waals surface area contributed by atoms with E-state index in [1.165, 1.54) is 6.42 Å². The van der Waals surface area contributed by atoms with Gasteiger partial charge in [0.05, 0.1) is 5.57 Å². The Kier molecular flexibility index (Phi) is 3.64. The molecule has 0 saturated carbocycles. The fourth-order valence-electron chi connectivity index (χ4n) is 3.16. The van der Waals surface area contributed by atoms with Gasteiger partial charge in [-0.3, -0.25) is 14.5 Å². The highest BCUT2D eigenvalue weighted by atomic mass is 16.3. The van der Waals surface area contributed by atoms with Gasteiger partial charge in [-0.05, 0) is 26.3 Å². The van der Waals surface area contributed by atoms with Crippen LogP contribution in [0.3, 0.4) is 0 Å². The van der Waals surface area contributed by atoms with Gasteiger partial charge >= 0.3 is 0 Å². The average molecular weight is 285 g/mol. The average Bonchev–Trinajstić information content (AvgIpc) is 2.51. The number of likely N-dealkylation sites (tertiary alicyclic amines) is 1. The van der Waals surface area contributed by atoms with E-state index in [0.29, 0.717) is 23.7 Å². The van der Waals surface area contributed by atoms with E-state index < -0.39 is 11.6 Å². The van der Waals surface area contributed by atoms with Crippen molar-refractivity contribution in [2.45, 2.75) is 32.2 Å². The fraction of sp³-hybridized carbons (Fsp3) is 0.412. The van der Waals surface area contributed by atoms with E-state index in [1.54, 1.807) is 24.3 Å². The van der Waals surface area contributed by atoms with E-state index in [4.69, 9.17) is 0 Å². The molecule has 1 fully saturated rings. The van der Waals surface area contributed by atoms with Gasteiger partial charge in [-0.25, -0.2) is 0 Å². The Hall–Kier alpha value is -1.94. The molecule has 1 aromatic carbocycles. The van der Waals surface area contributed by atoms with Crippen LogP contribution in [0.4, 0.5) is 0 Å². The quantitative estimate of drug-likeness (QED) is 0.849. The fourth-order valence-corrected chi connectivity index (χ4v) is 3.16. The Bertz CT molecular complexity index is 633. The Morgan fingerprint density at radius 3 is 2.57 bits per heavy atom. The van der Waals surface area contributed by atoms with Crippen molar-refractivity contribution in [3.63, 3.8) is 0 Å².